The van der Waals surface area contributed by atoms with Gasteiger partial charge in [0.2, 0.25) is 0 Å². The Hall–Kier alpha value is -3.71. The number of rotatable bonds is 5. The Balaban J connectivity index is 1.25. The lowest BCUT2D eigenvalue weighted by Crippen LogP contribution is -2.48. The molecule has 1 aliphatic heterocycles. The number of carbonyl (C=O) groups excluding carboxylic acids is 1. The molecule has 0 radical (unpaired) electrons. The van der Waals surface area contributed by atoms with E-state index in [1.54, 1.807) is 11.8 Å². The van der Waals surface area contributed by atoms with Gasteiger partial charge in [-0.05, 0) is 47.5 Å². The Labute approximate surface area is 193 Å². The van der Waals surface area contributed by atoms with Gasteiger partial charge in [-0.2, -0.15) is 0 Å². The van der Waals surface area contributed by atoms with Gasteiger partial charge in [-0.1, -0.05) is 47.7 Å². The summed E-state index contributed by atoms with van der Waals surface area (Å²) in [7, 11) is 1.63. The Morgan fingerprint density at radius 1 is 0.939 bits per heavy atom. The minimum absolute atomic E-state index is 0.0583. The Morgan fingerprint density at radius 2 is 1.67 bits per heavy atom. The highest BCUT2D eigenvalue weighted by Crippen LogP contribution is 2.21. The third-order valence-corrected chi connectivity index (χ3v) is 6.35. The molecule has 7 heteroatoms. The Bertz CT molecular complexity index is 1270. The molecule has 7 nitrogen and oxygen atoms in total. The van der Waals surface area contributed by atoms with Crippen molar-refractivity contribution in [3.05, 3.63) is 83.7 Å². The zero-order valence-corrected chi connectivity index (χ0v) is 18.9. The summed E-state index contributed by atoms with van der Waals surface area (Å²) in [5.41, 5.74) is 3.32. The molecule has 0 unspecified atom stereocenters. The Kier molecular flexibility index (Phi) is 5.79. The number of ether oxygens (including phenoxy) is 1. The van der Waals surface area contributed by atoms with E-state index in [0.717, 1.165) is 36.8 Å². The van der Waals surface area contributed by atoms with Crippen molar-refractivity contribution >= 4 is 16.7 Å². The second-order valence-electron chi connectivity index (χ2n) is 8.34. The summed E-state index contributed by atoms with van der Waals surface area (Å²) in [5.74, 6) is 0.714. The van der Waals surface area contributed by atoms with Crippen LogP contribution in [0.15, 0.2) is 66.7 Å². The highest BCUT2D eigenvalue weighted by atomic mass is 16.5. The van der Waals surface area contributed by atoms with E-state index in [4.69, 9.17) is 4.74 Å². The number of amides is 1. The van der Waals surface area contributed by atoms with Crippen molar-refractivity contribution < 1.29 is 9.53 Å². The van der Waals surface area contributed by atoms with Gasteiger partial charge in [-0.25, -0.2) is 4.68 Å². The van der Waals surface area contributed by atoms with Crippen molar-refractivity contribution in [2.24, 2.45) is 0 Å². The topological polar surface area (TPSA) is 63.5 Å². The maximum absolute atomic E-state index is 13.2. The molecule has 0 bridgehead atoms. The predicted molar refractivity (Wildman–Crippen MR) is 128 cm³/mol. The summed E-state index contributed by atoms with van der Waals surface area (Å²) in [6.45, 7) is 5.79. The maximum atomic E-state index is 13.2. The van der Waals surface area contributed by atoms with Crippen LogP contribution in [0, 0.1) is 6.92 Å². The van der Waals surface area contributed by atoms with Crippen molar-refractivity contribution in [2.75, 3.05) is 33.3 Å². The number of hydrogen-bond donors (Lipinski definition) is 0. The molecule has 0 atom stereocenters. The van der Waals surface area contributed by atoms with Crippen molar-refractivity contribution in [3.63, 3.8) is 0 Å². The molecule has 0 aliphatic carbocycles. The number of aromatic nitrogens is 3. The Morgan fingerprint density at radius 3 is 2.42 bits per heavy atom. The van der Waals surface area contributed by atoms with Crippen LogP contribution in [0.25, 0.3) is 16.5 Å². The molecule has 0 N–H and O–H groups in total. The van der Waals surface area contributed by atoms with E-state index in [2.05, 4.69) is 57.7 Å². The molecule has 5 rings (SSSR count). The number of nitrogens with zero attached hydrogens (tertiary/aromatic N) is 5. The minimum Gasteiger partial charge on any atom is -0.497 e. The molecule has 33 heavy (non-hydrogen) atoms. The number of hydrogen-bond acceptors (Lipinski definition) is 5. The number of benzene rings is 3. The van der Waals surface area contributed by atoms with Crippen LogP contribution in [0.4, 0.5) is 0 Å². The molecule has 1 fully saturated rings. The number of piperazine rings is 1. The molecular formula is C26H27N5O2. The van der Waals surface area contributed by atoms with Crippen LogP contribution in [-0.4, -0.2) is 64.0 Å². The highest BCUT2D eigenvalue weighted by molar-refractivity contribution is 5.93. The van der Waals surface area contributed by atoms with E-state index in [1.165, 1.54) is 16.3 Å². The van der Waals surface area contributed by atoms with E-state index in [9.17, 15) is 4.79 Å². The van der Waals surface area contributed by atoms with Crippen LogP contribution in [-0.2, 0) is 6.54 Å². The van der Waals surface area contributed by atoms with E-state index in [1.807, 2.05) is 36.1 Å². The molecule has 2 heterocycles. The van der Waals surface area contributed by atoms with Gasteiger partial charge in [0, 0.05) is 32.7 Å². The predicted octanol–water partition coefficient (Wildman–Crippen LogP) is 3.70. The summed E-state index contributed by atoms with van der Waals surface area (Å²) in [5, 5.41) is 11.0. The van der Waals surface area contributed by atoms with Gasteiger partial charge >= 0.3 is 0 Å². The number of methoxy groups -OCH3 is 1. The van der Waals surface area contributed by atoms with Crippen LogP contribution >= 0.6 is 0 Å². The molecule has 0 saturated carbocycles. The van der Waals surface area contributed by atoms with Gasteiger partial charge in [0.1, 0.15) is 5.75 Å². The fourth-order valence-electron chi connectivity index (χ4n) is 4.43. The van der Waals surface area contributed by atoms with E-state index >= 15 is 0 Å². The largest absolute Gasteiger partial charge is 0.497 e. The van der Waals surface area contributed by atoms with Gasteiger partial charge in [0.05, 0.1) is 18.5 Å². The molecule has 168 valence electrons. The quantitative estimate of drug-likeness (QED) is 0.473. The summed E-state index contributed by atoms with van der Waals surface area (Å²) >= 11 is 0. The highest BCUT2D eigenvalue weighted by Gasteiger charge is 2.26. The van der Waals surface area contributed by atoms with Gasteiger partial charge in [0.15, 0.2) is 5.69 Å². The SMILES string of the molecule is COc1ccc(-n2nnc(C(=O)N3CCN(Cc4cccc5ccccc45)CC3)c2C)cc1. The second kappa shape index (κ2) is 9.03. The van der Waals surface area contributed by atoms with Crippen molar-refractivity contribution in [3.8, 4) is 11.4 Å². The molecule has 1 aliphatic rings. The fraction of sp³-hybridized carbons (Fsp3) is 0.269. The molecule has 3 aromatic carbocycles. The third-order valence-electron chi connectivity index (χ3n) is 6.35. The zero-order valence-electron chi connectivity index (χ0n) is 18.9. The summed E-state index contributed by atoms with van der Waals surface area (Å²) in [6, 6.07) is 22.5. The van der Waals surface area contributed by atoms with Gasteiger partial charge in [-0.3, -0.25) is 9.69 Å². The number of fused-ring (bicyclic) bond motifs is 1. The van der Waals surface area contributed by atoms with Gasteiger partial charge < -0.3 is 9.64 Å². The lowest BCUT2D eigenvalue weighted by atomic mass is 10.0. The maximum Gasteiger partial charge on any atom is 0.276 e. The second-order valence-corrected chi connectivity index (χ2v) is 8.34. The first-order valence-electron chi connectivity index (χ1n) is 11.2. The lowest BCUT2D eigenvalue weighted by molar-refractivity contribution is 0.0622. The molecule has 1 amide bonds. The standard InChI is InChI=1S/C26H27N5O2/c1-19-25(27-28-31(19)22-10-12-23(33-2)13-11-22)26(32)30-16-14-29(15-17-30)18-21-8-5-7-20-6-3-4-9-24(20)21/h3-13H,14-18H2,1-2H3. The van der Waals surface area contributed by atoms with Crippen LogP contribution in [0.1, 0.15) is 21.7 Å². The van der Waals surface area contributed by atoms with E-state index in [-0.39, 0.29) is 5.91 Å². The minimum atomic E-state index is -0.0583. The summed E-state index contributed by atoms with van der Waals surface area (Å²) < 4.78 is 6.91. The summed E-state index contributed by atoms with van der Waals surface area (Å²) in [4.78, 5) is 17.5. The normalized spacial score (nSPS) is 14.5. The monoisotopic (exact) mass is 441 g/mol. The molecule has 0 spiro atoms. The van der Waals surface area contributed by atoms with Crippen LogP contribution in [0.3, 0.4) is 0 Å². The van der Waals surface area contributed by atoms with Crippen LogP contribution in [0.2, 0.25) is 0 Å². The fourth-order valence-corrected chi connectivity index (χ4v) is 4.43. The summed E-state index contributed by atoms with van der Waals surface area (Å²) in [6.07, 6.45) is 0. The van der Waals surface area contributed by atoms with Crippen LogP contribution < -0.4 is 4.74 Å². The average Bonchev–Trinajstić information content (AvgIpc) is 3.25. The smallest absolute Gasteiger partial charge is 0.276 e. The molecule has 1 aromatic heterocycles. The first kappa shape index (κ1) is 21.2. The average molecular weight is 442 g/mol. The zero-order chi connectivity index (χ0) is 22.8. The van der Waals surface area contributed by atoms with Gasteiger partial charge in [0.25, 0.3) is 5.91 Å². The number of carbonyl (C=O) groups is 1. The van der Waals surface area contributed by atoms with Crippen LogP contribution in [0.5, 0.6) is 5.75 Å². The van der Waals surface area contributed by atoms with Crippen molar-refractivity contribution in [1.29, 1.82) is 0 Å². The van der Waals surface area contributed by atoms with E-state index < -0.39 is 0 Å². The third kappa shape index (κ3) is 4.19. The molecular weight excluding hydrogens is 414 g/mol. The first-order chi connectivity index (χ1) is 16.1. The molecule has 1 saturated heterocycles. The van der Waals surface area contributed by atoms with Crippen molar-refractivity contribution in [2.45, 2.75) is 13.5 Å². The van der Waals surface area contributed by atoms with Crippen molar-refractivity contribution in [1.82, 2.24) is 24.8 Å². The molecule has 4 aromatic rings. The van der Waals surface area contributed by atoms with Gasteiger partial charge in [-0.15, -0.1) is 5.10 Å². The lowest BCUT2D eigenvalue weighted by Gasteiger charge is -2.34. The van der Waals surface area contributed by atoms with E-state index in [0.29, 0.717) is 18.8 Å². The first-order valence-corrected chi connectivity index (χ1v) is 11.2.